The van der Waals surface area contributed by atoms with Crippen molar-refractivity contribution >= 4 is 5.97 Å². The molecule has 0 bridgehead atoms. The molecule has 0 aliphatic carbocycles. The van der Waals surface area contributed by atoms with Crippen LogP contribution >= 0.6 is 0 Å². The van der Waals surface area contributed by atoms with Crippen LogP contribution < -0.4 is 0 Å². The largest absolute Gasteiger partial charge is 0.481 e. The smallest absolute Gasteiger partial charge is 0.310 e. The lowest BCUT2D eigenvalue weighted by atomic mass is 9.92. The van der Waals surface area contributed by atoms with Crippen LogP contribution in [0.1, 0.15) is 35.4 Å². The van der Waals surface area contributed by atoms with E-state index < -0.39 is 11.9 Å². The van der Waals surface area contributed by atoms with Crippen LogP contribution in [0.2, 0.25) is 0 Å². The lowest BCUT2D eigenvalue weighted by Crippen LogP contribution is -2.12. The van der Waals surface area contributed by atoms with Crippen LogP contribution in [0.5, 0.6) is 0 Å². The fraction of sp³-hybridized carbons (Fsp3) is 0.316. The third-order valence-corrected chi connectivity index (χ3v) is 4.11. The summed E-state index contributed by atoms with van der Waals surface area (Å²) < 4.78 is 5.17. The van der Waals surface area contributed by atoms with E-state index in [-0.39, 0.29) is 6.10 Å². The molecule has 3 nitrogen and oxygen atoms in total. The van der Waals surface area contributed by atoms with E-state index in [1.807, 2.05) is 42.5 Å². The molecule has 1 fully saturated rings. The average molecular weight is 296 g/mol. The van der Waals surface area contributed by atoms with E-state index in [0.29, 0.717) is 6.42 Å². The highest BCUT2D eigenvalue weighted by molar-refractivity contribution is 5.76. The molecule has 0 radical (unpaired) electrons. The normalized spacial score (nSPS) is 17.9. The molecule has 2 atom stereocenters. The molecule has 2 aromatic carbocycles. The lowest BCUT2D eigenvalue weighted by Gasteiger charge is -2.13. The van der Waals surface area contributed by atoms with Crippen molar-refractivity contribution in [1.82, 2.24) is 0 Å². The summed E-state index contributed by atoms with van der Waals surface area (Å²) in [7, 11) is 0. The van der Waals surface area contributed by atoms with Gasteiger partial charge in [0.1, 0.15) is 0 Å². The highest BCUT2D eigenvalue weighted by atomic mass is 16.6. The van der Waals surface area contributed by atoms with Gasteiger partial charge in [-0.1, -0.05) is 54.6 Å². The van der Waals surface area contributed by atoms with Crippen molar-refractivity contribution in [1.29, 1.82) is 0 Å². The summed E-state index contributed by atoms with van der Waals surface area (Å²) in [4.78, 5) is 11.5. The first-order valence-electron chi connectivity index (χ1n) is 7.69. The molecule has 0 spiro atoms. The summed E-state index contributed by atoms with van der Waals surface area (Å²) in [5.41, 5.74) is 3.34. The van der Waals surface area contributed by atoms with Gasteiger partial charge in [-0.05, 0) is 36.0 Å². The maximum Gasteiger partial charge on any atom is 0.310 e. The first-order chi connectivity index (χ1) is 10.7. The van der Waals surface area contributed by atoms with Gasteiger partial charge < -0.3 is 9.84 Å². The molecule has 1 aliphatic rings. The van der Waals surface area contributed by atoms with E-state index in [0.717, 1.165) is 25.0 Å². The van der Waals surface area contributed by atoms with E-state index in [1.165, 1.54) is 11.1 Å². The molecule has 2 unspecified atom stereocenters. The van der Waals surface area contributed by atoms with Gasteiger partial charge in [0, 0.05) is 0 Å². The fourth-order valence-corrected chi connectivity index (χ4v) is 2.72. The highest BCUT2D eigenvalue weighted by Gasteiger charge is 2.27. The zero-order valence-electron chi connectivity index (χ0n) is 12.4. The van der Waals surface area contributed by atoms with Crippen LogP contribution in [0.3, 0.4) is 0 Å². The van der Waals surface area contributed by atoms with E-state index in [1.54, 1.807) is 0 Å². The summed E-state index contributed by atoms with van der Waals surface area (Å²) in [6, 6.07) is 18.2. The first kappa shape index (κ1) is 14.8. The summed E-state index contributed by atoms with van der Waals surface area (Å²) in [6.07, 6.45) is 2.61. The molecular formula is C19H20O3. The molecule has 0 saturated carbocycles. The summed E-state index contributed by atoms with van der Waals surface area (Å²) in [6.45, 7) is 0.780. The number of carboxylic acid groups (broad SMARTS) is 1. The molecule has 0 aromatic heterocycles. The number of aliphatic carboxylic acids is 1. The van der Waals surface area contributed by atoms with Crippen molar-refractivity contribution in [2.75, 3.05) is 6.61 Å². The Morgan fingerprint density at radius 1 is 1.09 bits per heavy atom. The van der Waals surface area contributed by atoms with Crippen LogP contribution in [0.4, 0.5) is 0 Å². The van der Waals surface area contributed by atoms with Gasteiger partial charge in [-0.15, -0.1) is 0 Å². The number of hydrogen-bond donors (Lipinski definition) is 1. The maximum absolute atomic E-state index is 11.5. The lowest BCUT2D eigenvalue weighted by molar-refractivity contribution is -0.139. The van der Waals surface area contributed by atoms with E-state index in [2.05, 4.69) is 12.1 Å². The molecular weight excluding hydrogens is 276 g/mol. The van der Waals surface area contributed by atoms with Gasteiger partial charge in [0.15, 0.2) is 0 Å². The zero-order chi connectivity index (χ0) is 15.4. The number of rotatable bonds is 7. The average Bonchev–Trinajstić information content (AvgIpc) is 3.34. The molecule has 114 valence electrons. The number of carbonyl (C=O) groups is 1. The molecule has 1 aliphatic heterocycles. The molecule has 22 heavy (non-hydrogen) atoms. The quantitative estimate of drug-likeness (QED) is 0.794. The summed E-state index contributed by atoms with van der Waals surface area (Å²) in [5, 5.41) is 9.42. The Labute approximate surface area is 130 Å². The molecule has 0 amide bonds. The third kappa shape index (κ3) is 3.95. The highest BCUT2D eigenvalue weighted by Crippen LogP contribution is 2.27. The van der Waals surface area contributed by atoms with Gasteiger partial charge in [-0.3, -0.25) is 4.79 Å². The Kier molecular flexibility index (Phi) is 4.54. The number of ether oxygens (including phenoxy) is 1. The van der Waals surface area contributed by atoms with Crippen LogP contribution in [0.15, 0.2) is 54.6 Å². The van der Waals surface area contributed by atoms with Crippen LogP contribution in [0, 0.1) is 0 Å². The Bertz CT molecular complexity index is 615. The predicted octanol–water partition coefficient (Wildman–Crippen LogP) is 3.62. The van der Waals surface area contributed by atoms with Crippen molar-refractivity contribution < 1.29 is 14.6 Å². The molecule has 3 heteroatoms. The Morgan fingerprint density at radius 2 is 1.73 bits per heavy atom. The Hall–Kier alpha value is -2.13. The minimum Gasteiger partial charge on any atom is -0.481 e. The van der Waals surface area contributed by atoms with Gasteiger partial charge in [0.2, 0.25) is 0 Å². The molecule has 1 heterocycles. The van der Waals surface area contributed by atoms with Crippen LogP contribution in [0.25, 0.3) is 0 Å². The predicted molar refractivity (Wildman–Crippen MR) is 85.0 cm³/mol. The zero-order valence-corrected chi connectivity index (χ0v) is 12.4. The van der Waals surface area contributed by atoms with Gasteiger partial charge in [0.05, 0.1) is 18.6 Å². The van der Waals surface area contributed by atoms with Gasteiger partial charge in [-0.25, -0.2) is 0 Å². The molecule has 1 N–H and O–H groups in total. The Balaban J connectivity index is 1.67. The molecule has 1 saturated heterocycles. The minimum atomic E-state index is -0.753. The minimum absolute atomic E-state index is 0.277. The fourth-order valence-electron chi connectivity index (χ4n) is 2.72. The molecule has 2 aromatic rings. The van der Waals surface area contributed by atoms with Gasteiger partial charge in [-0.2, -0.15) is 0 Å². The topological polar surface area (TPSA) is 49.8 Å². The number of benzene rings is 2. The van der Waals surface area contributed by atoms with Crippen molar-refractivity contribution in [2.24, 2.45) is 0 Å². The number of carboxylic acids is 1. The van der Waals surface area contributed by atoms with Crippen molar-refractivity contribution in [3.63, 3.8) is 0 Å². The molecule has 3 rings (SSSR count). The Morgan fingerprint density at radius 3 is 2.32 bits per heavy atom. The summed E-state index contributed by atoms with van der Waals surface area (Å²) >= 11 is 0. The van der Waals surface area contributed by atoms with Crippen molar-refractivity contribution in [3.05, 3.63) is 71.3 Å². The SMILES string of the molecule is O=C(O)C(CCC1CO1)c1ccc(Cc2ccccc2)cc1. The third-order valence-electron chi connectivity index (χ3n) is 4.11. The summed E-state index contributed by atoms with van der Waals surface area (Å²) in [5.74, 6) is -1.19. The van der Waals surface area contributed by atoms with Crippen LogP contribution in [-0.2, 0) is 16.0 Å². The second kappa shape index (κ2) is 6.75. The standard InChI is InChI=1S/C19H20O3/c20-19(21)18(11-10-17-13-22-17)16-8-6-15(7-9-16)12-14-4-2-1-3-5-14/h1-9,17-18H,10-13H2,(H,20,21). The van der Waals surface area contributed by atoms with E-state index >= 15 is 0 Å². The monoisotopic (exact) mass is 296 g/mol. The van der Waals surface area contributed by atoms with Gasteiger partial charge >= 0.3 is 5.97 Å². The van der Waals surface area contributed by atoms with E-state index in [9.17, 15) is 9.90 Å². The van der Waals surface area contributed by atoms with Gasteiger partial charge in [0.25, 0.3) is 0 Å². The van der Waals surface area contributed by atoms with Crippen molar-refractivity contribution in [3.8, 4) is 0 Å². The van der Waals surface area contributed by atoms with E-state index in [4.69, 9.17) is 4.74 Å². The maximum atomic E-state index is 11.5. The number of epoxide rings is 1. The number of hydrogen-bond acceptors (Lipinski definition) is 2. The second-order valence-electron chi connectivity index (χ2n) is 5.83. The van der Waals surface area contributed by atoms with Crippen LogP contribution in [-0.4, -0.2) is 23.8 Å². The van der Waals surface area contributed by atoms with Crippen molar-refractivity contribution in [2.45, 2.75) is 31.3 Å². The second-order valence-corrected chi connectivity index (χ2v) is 5.83. The first-order valence-corrected chi connectivity index (χ1v) is 7.69.